The summed E-state index contributed by atoms with van der Waals surface area (Å²) in [6.45, 7) is 5.50. The molecule has 0 spiro atoms. The fourth-order valence-electron chi connectivity index (χ4n) is 3.58. The number of ether oxygens (including phenoxy) is 3. The van der Waals surface area contributed by atoms with E-state index < -0.39 is 29.7 Å². The van der Waals surface area contributed by atoms with Gasteiger partial charge in [-0.3, -0.25) is 4.79 Å². The first-order valence-corrected chi connectivity index (χ1v) is 12.2. The third-order valence-electron chi connectivity index (χ3n) is 5.53. The molecule has 10 nitrogen and oxygen atoms in total. The number of amides is 1. The van der Waals surface area contributed by atoms with Crippen molar-refractivity contribution in [2.24, 2.45) is 5.92 Å². The summed E-state index contributed by atoms with van der Waals surface area (Å²) >= 11 is 0. The first-order chi connectivity index (χ1) is 19.1. The van der Waals surface area contributed by atoms with E-state index in [9.17, 15) is 18.4 Å². The van der Waals surface area contributed by atoms with Crippen molar-refractivity contribution in [3.05, 3.63) is 77.9 Å². The lowest BCUT2D eigenvalue weighted by Crippen LogP contribution is -2.29. The fourth-order valence-corrected chi connectivity index (χ4v) is 3.58. The van der Waals surface area contributed by atoms with Crippen LogP contribution in [0.25, 0.3) is 22.6 Å². The predicted molar refractivity (Wildman–Crippen MR) is 139 cm³/mol. The van der Waals surface area contributed by atoms with E-state index in [0.29, 0.717) is 16.7 Å². The summed E-state index contributed by atoms with van der Waals surface area (Å²) in [5, 5.41) is 6.63. The summed E-state index contributed by atoms with van der Waals surface area (Å²) < 4.78 is 48.0. The zero-order chi connectivity index (χ0) is 28.8. The number of methoxy groups -OCH3 is 1. The van der Waals surface area contributed by atoms with Crippen molar-refractivity contribution in [2.75, 3.05) is 13.7 Å². The van der Waals surface area contributed by atoms with Crippen LogP contribution in [0.1, 0.15) is 43.1 Å². The number of benzene rings is 2. The number of hydrogen-bond acceptors (Lipinski definition) is 9. The average Bonchev–Trinajstić information content (AvgIpc) is 3.42. The molecule has 1 atom stereocenters. The van der Waals surface area contributed by atoms with E-state index in [2.05, 4.69) is 20.4 Å². The molecule has 12 heteroatoms. The van der Waals surface area contributed by atoms with Crippen molar-refractivity contribution in [1.82, 2.24) is 20.4 Å². The molecule has 0 aliphatic rings. The Bertz CT molecular complexity index is 1490. The van der Waals surface area contributed by atoms with E-state index in [4.69, 9.17) is 18.7 Å². The smallest absolute Gasteiger partial charge is 0.493 e. The molecule has 2 heterocycles. The minimum absolute atomic E-state index is 0.0859. The number of pyridine rings is 1. The minimum atomic E-state index is -1.00. The van der Waals surface area contributed by atoms with E-state index in [1.54, 1.807) is 31.2 Å². The Morgan fingerprint density at radius 1 is 0.975 bits per heavy atom. The number of aromatic nitrogens is 3. The van der Waals surface area contributed by atoms with Crippen LogP contribution >= 0.6 is 0 Å². The highest BCUT2D eigenvalue weighted by Gasteiger charge is 2.25. The molecule has 0 saturated carbocycles. The number of carbonyl (C=O) groups excluding carboxylic acids is 2. The van der Waals surface area contributed by atoms with E-state index in [-0.39, 0.29) is 41.4 Å². The normalized spacial score (nSPS) is 11.7. The van der Waals surface area contributed by atoms with Crippen LogP contribution in [0, 0.1) is 17.6 Å². The van der Waals surface area contributed by atoms with Crippen LogP contribution in [-0.4, -0.2) is 40.9 Å². The molecule has 0 unspecified atom stereocenters. The van der Waals surface area contributed by atoms with Crippen LogP contribution in [0.4, 0.5) is 13.6 Å². The molecule has 4 aromatic rings. The third kappa shape index (κ3) is 6.76. The SMILES string of the molecule is COc1ccnc(C(=O)N[C@@H](C)c2noc(-c3ccc(-c4cc(F)cc(F)c4)cc3)n2)c1OC(=O)OCC(C)C. The zero-order valence-corrected chi connectivity index (χ0v) is 22.1. The van der Waals surface area contributed by atoms with Crippen LogP contribution in [0.2, 0.25) is 0 Å². The van der Waals surface area contributed by atoms with Gasteiger partial charge in [0.1, 0.15) is 11.6 Å². The van der Waals surface area contributed by atoms with Gasteiger partial charge in [-0.15, -0.1) is 0 Å². The minimum Gasteiger partial charge on any atom is -0.493 e. The van der Waals surface area contributed by atoms with Crippen molar-refractivity contribution in [1.29, 1.82) is 0 Å². The molecule has 1 N–H and O–H groups in total. The Balaban J connectivity index is 1.47. The Labute approximate surface area is 228 Å². The van der Waals surface area contributed by atoms with Crippen LogP contribution in [0.3, 0.4) is 0 Å². The highest BCUT2D eigenvalue weighted by molar-refractivity contribution is 5.96. The van der Waals surface area contributed by atoms with Gasteiger partial charge in [-0.05, 0) is 48.2 Å². The standard InChI is InChI=1S/C28H26F2N4O6/c1-15(2)14-38-28(36)39-24-22(37-4)9-10-31-23(24)26(35)32-16(3)25-33-27(40-34-25)18-7-5-17(6-8-18)19-11-20(29)13-21(30)12-19/h5-13,15-16H,14H2,1-4H3,(H,32,35)/t16-/m0/s1. The Hall–Kier alpha value is -4.87. The second-order valence-corrected chi connectivity index (χ2v) is 9.14. The molecule has 0 bridgehead atoms. The predicted octanol–water partition coefficient (Wildman–Crippen LogP) is 5.75. The number of halogens is 2. The van der Waals surface area contributed by atoms with Gasteiger partial charge in [-0.1, -0.05) is 31.1 Å². The lowest BCUT2D eigenvalue weighted by atomic mass is 10.0. The maximum absolute atomic E-state index is 13.6. The van der Waals surface area contributed by atoms with Gasteiger partial charge in [0.15, 0.2) is 17.3 Å². The van der Waals surface area contributed by atoms with Crippen LogP contribution in [-0.2, 0) is 4.74 Å². The van der Waals surface area contributed by atoms with Crippen molar-refractivity contribution in [3.63, 3.8) is 0 Å². The van der Waals surface area contributed by atoms with Crippen molar-refractivity contribution in [3.8, 4) is 34.1 Å². The molecule has 2 aromatic heterocycles. The van der Waals surface area contributed by atoms with Gasteiger partial charge in [0.25, 0.3) is 11.8 Å². The summed E-state index contributed by atoms with van der Waals surface area (Å²) in [5.74, 6) is -1.70. The van der Waals surface area contributed by atoms with Crippen molar-refractivity contribution in [2.45, 2.75) is 26.8 Å². The topological polar surface area (TPSA) is 126 Å². The van der Waals surface area contributed by atoms with Crippen LogP contribution in [0.15, 0.2) is 59.3 Å². The summed E-state index contributed by atoms with van der Waals surface area (Å²) in [7, 11) is 1.36. The Kier molecular flexibility index (Phi) is 8.67. The first kappa shape index (κ1) is 28.1. The van der Waals surface area contributed by atoms with Gasteiger partial charge < -0.3 is 24.1 Å². The summed E-state index contributed by atoms with van der Waals surface area (Å²) in [4.78, 5) is 33.6. The molecular formula is C28H26F2N4O6. The molecule has 0 fully saturated rings. The van der Waals surface area contributed by atoms with Gasteiger partial charge in [0.05, 0.1) is 19.8 Å². The third-order valence-corrected chi connectivity index (χ3v) is 5.53. The Morgan fingerprint density at radius 3 is 2.30 bits per heavy atom. The molecule has 0 radical (unpaired) electrons. The van der Waals surface area contributed by atoms with Gasteiger partial charge in [0, 0.05) is 23.9 Å². The number of carbonyl (C=O) groups is 2. The van der Waals surface area contributed by atoms with Crippen molar-refractivity contribution < 1.29 is 37.1 Å². The zero-order valence-electron chi connectivity index (χ0n) is 22.1. The summed E-state index contributed by atoms with van der Waals surface area (Å²) in [5.41, 5.74) is 1.33. The average molecular weight is 553 g/mol. The van der Waals surface area contributed by atoms with Crippen molar-refractivity contribution >= 4 is 12.1 Å². The number of rotatable bonds is 9. The molecule has 0 aliphatic heterocycles. The molecule has 4 rings (SSSR count). The number of nitrogens with zero attached hydrogens (tertiary/aromatic N) is 3. The van der Waals surface area contributed by atoms with Gasteiger partial charge in [0.2, 0.25) is 5.75 Å². The molecule has 40 heavy (non-hydrogen) atoms. The van der Waals surface area contributed by atoms with Gasteiger partial charge >= 0.3 is 6.16 Å². The summed E-state index contributed by atoms with van der Waals surface area (Å²) in [6.07, 6.45) is 0.331. The number of hydrogen-bond donors (Lipinski definition) is 1. The van der Waals surface area contributed by atoms with E-state index in [0.717, 1.165) is 6.07 Å². The molecule has 2 aromatic carbocycles. The first-order valence-electron chi connectivity index (χ1n) is 12.2. The molecular weight excluding hydrogens is 526 g/mol. The van der Waals surface area contributed by atoms with Crippen LogP contribution in [0.5, 0.6) is 11.5 Å². The molecule has 1 amide bonds. The maximum Gasteiger partial charge on any atom is 0.514 e. The van der Waals surface area contributed by atoms with E-state index in [1.165, 1.54) is 31.5 Å². The highest BCUT2D eigenvalue weighted by atomic mass is 19.1. The Morgan fingerprint density at radius 2 is 1.65 bits per heavy atom. The van der Waals surface area contributed by atoms with Gasteiger partial charge in [-0.2, -0.15) is 4.98 Å². The largest absolute Gasteiger partial charge is 0.514 e. The fraction of sp³-hybridized carbons (Fsp3) is 0.250. The van der Waals surface area contributed by atoms with E-state index >= 15 is 0 Å². The van der Waals surface area contributed by atoms with Crippen LogP contribution < -0.4 is 14.8 Å². The van der Waals surface area contributed by atoms with Gasteiger partial charge in [-0.25, -0.2) is 18.6 Å². The molecule has 0 saturated heterocycles. The highest BCUT2D eigenvalue weighted by Crippen LogP contribution is 2.31. The van der Waals surface area contributed by atoms with E-state index in [1.807, 2.05) is 13.8 Å². The molecule has 0 aliphatic carbocycles. The second kappa shape index (κ2) is 12.3. The number of nitrogens with one attached hydrogen (secondary N) is 1. The lowest BCUT2D eigenvalue weighted by molar-refractivity contribution is 0.0852. The lowest BCUT2D eigenvalue weighted by Gasteiger charge is -2.15. The second-order valence-electron chi connectivity index (χ2n) is 9.14. The molecule has 208 valence electrons. The summed E-state index contributed by atoms with van der Waals surface area (Å²) in [6, 6.07) is 10.6. The quantitative estimate of drug-likeness (QED) is 0.258. The maximum atomic E-state index is 13.6. The monoisotopic (exact) mass is 552 g/mol.